The van der Waals surface area contributed by atoms with E-state index in [1.165, 1.54) is 23.2 Å². The van der Waals surface area contributed by atoms with Crippen molar-refractivity contribution in [1.29, 1.82) is 0 Å². The molecule has 0 atom stereocenters. The predicted octanol–water partition coefficient (Wildman–Crippen LogP) is 4.10. The van der Waals surface area contributed by atoms with Gasteiger partial charge >= 0.3 is 0 Å². The summed E-state index contributed by atoms with van der Waals surface area (Å²) in [5.74, 6) is 1.05. The van der Waals surface area contributed by atoms with Crippen molar-refractivity contribution in [2.75, 3.05) is 0 Å². The van der Waals surface area contributed by atoms with E-state index in [1.807, 2.05) is 25.1 Å². The van der Waals surface area contributed by atoms with Gasteiger partial charge in [-0.2, -0.15) is 4.80 Å². The van der Waals surface area contributed by atoms with E-state index in [9.17, 15) is 4.79 Å². The molecule has 0 N–H and O–H groups in total. The molecule has 0 spiro atoms. The van der Waals surface area contributed by atoms with Gasteiger partial charge in [-0.15, -0.1) is 10.2 Å². The normalized spacial score (nSPS) is 14.1. The van der Waals surface area contributed by atoms with Crippen LogP contribution in [0.5, 0.6) is 0 Å². The molecular formula is C21H25N5O. The van der Waals surface area contributed by atoms with E-state index < -0.39 is 0 Å². The van der Waals surface area contributed by atoms with Crippen LogP contribution in [0.15, 0.2) is 30.3 Å². The molecule has 0 bridgehead atoms. The van der Waals surface area contributed by atoms with Gasteiger partial charge in [-0.05, 0) is 49.5 Å². The largest absolute Gasteiger partial charge is 0.345 e. The van der Waals surface area contributed by atoms with Crippen molar-refractivity contribution < 1.29 is 4.79 Å². The molecule has 1 aliphatic rings. The van der Waals surface area contributed by atoms with Gasteiger partial charge in [0.2, 0.25) is 5.82 Å². The molecule has 3 aromatic rings. The van der Waals surface area contributed by atoms with Gasteiger partial charge in [0, 0.05) is 28.6 Å². The van der Waals surface area contributed by atoms with Crippen LogP contribution < -0.4 is 0 Å². The lowest BCUT2D eigenvalue weighted by molar-refractivity contribution is 0.0960. The average molecular weight is 363 g/mol. The van der Waals surface area contributed by atoms with Crippen molar-refractivity contribution in [3.63, 3.8) is 0 Å². The maximum Gasteiger partial charge on any atom is 0.204 e. The van der Waals surface area contributed by atoms with Crippen molar-refractivity contribution >= 4 is 5.78 Å². The van der Waals surface area contributed by atoms with Crippen LogP contribution in [0.3, 0.4) is 0 Å². The summed E-state index contributed by atoms with van der Waals surface area (Å²) < 4.78 is 2.28. The molecule has 1 aromatic carbocycles. The smallest absolute Gasteiger partial charge is 0.204 e. The van der Waals surface area contributed by atoms with Crippen LogP contribution in [0.25, 0.3) is 11.4 Å². The molecule has 2 aromatic heterocycles. The van der Waals surface area contributed by atoms with Crippen molar-refractivity contribution in [2.24, 2.45) is 0 Å². The number of carbonyl (C=O) groups excluding carboxylic acids is 1. The molecule has 27 heavy (non-hydrogen) atoms. The minimum Gasteiger partial charge on any atom is -0.345 e. The fourth-order valence-corrected chi connectivity index (χ4v) is 3.61. The Morgan fingerprint density at radius 3 is 2.52 bits per heavy atom. The van der Waals surface area contributed by atoms with Gasteiger partial charge in [0.25, 0.3) is 0 Å². The summed E-state index contributed by atoms with van der Waals surface area (Å²) >= 11 is 0. The zero-order valence-electron chi connectivity index (χ0n) is 16.3. The molecule has 2 heterocycles. The summed E-state index contributed by atoms with van der Waals surface area (Å²) in [5.41, 5.74) is 5.14. The second kappa shape index (κ2) is 6.76. The molecule has 140 valence electrons. The summed E-state index contributed by atoms with van der Waals surface area (Å²) in [5, 5.41) is 12.6. The van der Waals surface area contributed by atoms with E-state index in [4.69, 9.17) is 0 Å². The number of benzene rings is 1. The highest BCUT2D eigenvalue weighted by atomic mass is 16.1. The van der Waals surface area contributed by atoms with Crippen LogP contribution >= 0.6 is 0 Å². The van der Waals surface area contributed by atoms with Gasteiger partial charge in [-0.25, -0.2) is 0 Å². The summed E-state index contributed by atoms with van der Waals surface area (Å²) in [6.45, 7) is 8.51. The lowest BCUT2D eigenvalue weighted by Gasteiger charge is -2.07. The third-order valence-corrected chi connectivity index (χ3v) is 5.27. The Bertz CT molecular complexity index is 977. The van der Waals surface area contributed by atoms with Crippen LogP contribution in [-0.4, -0.2) is 30.6 Å². The Balaban J connectivity index is 1.51. The van der Waals surface area contributed by atoms with Crippen LogP contribution in [0.2, 0.25) is 0 Å². The maximum absolute atomic E-state index is 12.8. The molecule has 1 fully saturated rings. The SMILES string of the molecule is Cc1cc(C(=O)Cn2nnc(-c3ccc(C(C)C)cc3)n2)c(C)n1C1CC1. The zero-order valence-corrected chi connectivity index (χ0v) is 16.3. The minimum atomic E-state index is 0.0223. The first-order valence-corrected chi connectivity index (χ1v) is 9.54. The number of ketones is 1. The topological polar surface area (TPSA) is 65.6 Å². The highest BCUT2D eigenvalue weighted by molar-refractivity contribution is 5.97. The Hall–Kier alpha value is -2.76. The molecule has 0 radical (unpaired) electrons. The highest BCUT2D eigenvalue weighted by Crippen LogP contribution is 2.38. The van der Waals surface area contributed by atoms with Crippen molar-refractivity contribution in [3.05, 3.63) is 52.8 Å². The summed E-state index contributed by atoms with van der Waals surface area (Å²) in [7, 11) is 0. The molecular weight excluding hydrogens is 338 g/mol. The Morgan fingerprint density at radius 2 is 1.89 bits per heavy atom. The summed E-state index contributed by atoms with van der Waals surface area (Å²) in [6.07, 6.45) is 2.40. The lowest BCUT2D eigenvalue weighted by atomic mass is 10.0. The van der Waals surface area contributed by atoms with Gasteiger partial charge < -0.3 is 4.57 Å². The predicted molar refractivity (Wildman–Crippen MR) is 104 cm³/mol. The fourth-order valence-electron chi connectivity index (χ4n) is 3.61. The molecule has 0 amide bonds. The quantitative estimate of drug-likeness (QED) is 0.619. The van der Waals surface area contributed by atoms with Crippen LogP contribution in [0.4, 0.5) is 0 Å². The third kappa shape index (κ3) is 3.44. The number of Topliss-reactive ketones (excluding diaryl/α,β-unsaturated/α-hetero) is 1. The lowest BCUT2D eigenvalue weighted by Crippen LogP contribution is -2.14. The fraction of sp³-hybridized carbons (Fsp3) is 0.429. The summed E-state index contributed by atoms with van der Waals surface area (Å²) in [4.78, 5) is 14.2. The van der Waals surface area contributed by atoms with Crippen molar-refractivity contribution in [2.45, 2.75) is 59.0 Å². The Labute approximate surface area is 159 Å². The summed E-state index contributed by atoms with van der Waals surface area (Å²) in [6, 6.07) is 10.7. The molecule has 4 rings (SSSR count). The van der Waals surface area contributed by atoms with Crippen LogP contribution in [0, 0.1) is 13.8 Å². The molecule has 1 saturated carbocycles. The van der Waals surface area contributed by atoms with Gasteiger partial charge in [-0.3, -0.25) is 4.79 Å². The second-order valence-electron chi connectivity index (χ2n) is 7.73. The molecule has 1 aliphatic carbocycles. The van der Waals surface area contributed by atoms with Crippen molar-refractivity contribution in [1.82, 2.24) is 24.8 Å². The Morgan fingerprint density at radius 1 is 1.19 bits per heavy atom. The number of aryl methyl sites for hydroxylation is 1. The minimum absolute atomic E-state index is 0.0223. The number of rotatable bonds is 6. The zero-order chi connectivity index (χ0) is 19.1. The monoisotopic (exact) mass is 363 g/mol. The molecule has 0 unspecified atom stereocenters. The first-order chi connectivity index (χ1) is 12.9. The van der Waals surface area contributed by atoms with E-state index in [0.717, 1.165) is 22.5 Å². The van der Waals surface area contributed by atoms with Gasteiger partial charge in [0.1, 0.15) is 6.54 Å². The van der Waals surface area contributed by atoms with E-state index in [-0.39, 0.29) is 12.3 Å². The van der Waals surface area contributed by atoms with Crippen LogP contribution in [0.1, 0.15) is 66.0 Å². The number of aromatic nitrogens is 5. The standard InChI is InChI=1S/C21H25N5O/c1-13(2)16-5-7-17(8-6-16)21-22-24-25(23-21)12-20(27)19-11-14(3)26(15(19)4)18-9-10-18/h5-8,11,13,18H,9-10,12H2,1-4H3. The van der Waals surface area contributed by atoms with E-state index in [2.05, 4.69) is 52.9 Å². The van der Waals surface area contributed by atoms with E-state index in [1.54, 1.807) is 0 Å². The first-order valence-electron chi connectivity index (χ1n) is 9.54. The number of tetrazole rings is 1. The van der Waals surface area contributed by atoms with E-state index >= 15 is 0 Å². The molecule has 0 aliphatic heterocycles. The van der Waals surface area contributed by atoms with Crippen LogP contribution in [-0.2, 0) is 6.54 Å². The first kappa shape index (κ1) is 17.6. The Kier molecular flexibility index (Phi) is 4.42. The number of hydrogen-bond acceptors (Lipinski definition) is 4. The highest BCUT2D eigenvalue weighted by Gasteiger charge is 2.28. The molecule has 6 heteroatoms. The van der Waals surface area contributed by atoms with Crippen molar-refractivity contribution in [3.8, 4) is 11.4 Å². The molecule has 6 nitrogen and oxygen atoms in total. The van der Waals surface area contributed by atoms with Gasteiger partial charge in [0.15, 0.2) is 5.78 Å². The maximum atomic E-state index is 12.8. The van der Waals surface area contributed by atoms with Gasteiger partial charge in [-0.1, -0.05) is 38.1 Å². The van der Waals surface area contributed by atoms with Gasteiger partial charge in [0.05, 0.1) is 0 Å². The number of nitrogens with zero attached hydrogens (tertiary/aromatic N) is 5. The number of carbonyl (C=O) groups is 1. The second-order valence-corrected chi connectivity index (χ2v) is 7.73. The molecule has 0 saturated heterocycles. The third-order valence-electron chi connectivity index (χ3n) is 5.27. The number of hydrogen-bond donors (Lipinski definition) is 0. The average Bonchev–Trinajstić information content (AvgIpc) is 3.28. The van der Waals surface area contributed by atoms with E-state index in [0.29, 0.717) is 17.8 Å².